The predicted molar refractivity (Wildman–Crippen MR) is 50.0 cm³/mol. The molecule has 0 aliphatic heterocycles. The van der Waals surface area contributed by atoms with Crippen molar-refractivity contribution in [2.24, 2.45) is 0 Å². The Morgan fingerprint density at radius 3 is 2.47 bits per heavy atom. The van der Waals surface area contributed by atoms with Crippen molar-refractivity contribution in [1.82, 2.24) is 9.97 Å². The molecule has 4 nitrogen and oxygen atoms in total. The predicted octanol–water partition coefficient (Wildman–Crippen LogP) is 2.05. The van der Waals surface area contributed by atoms with Crippen LogP contribution in [0.4, 0.5) is 17.1 Å². The van der Waals surface area contributed by atoms with Gasteiger partial charge in [-0.25, -0.2) is 9.37 Å². The van der Waals surface area contributed by atoms with Crippen molar-refractivity contribution in [2.75, 3.05) is 0 Å². The van der Waals surface area contributed by atoms with Crippen molar-refractivity contribution in [3.63, 3.8) is 0 Å². The molecule has 0 radical (unpaired) electrons. The second kappa shape index (κ2) is 3.42. The van der Waals surface area contributed by atoms with Gasteiger partial charge < -0.3 is 4.98 Å². The number of nitrogens with one attached hydrogen (secondary N) is 1. The lowest BCUT2D eigenvalue weighted by Gasteiger charge is -2.06. The Morgan fingerprint density at radius 2 is 1.94 bits per heavy atom. The molecular formula is C8H4F4N2O2S. The molecule has 0 spiro atoms. The fraction of sp³-hybridized carbons (Fsp3) is 0.125. The largest absolute Gasteiger partial charge is 0.430 e. The van der Waals surface area contributed by atoms with Gasteiger partial charge in [0, 0.05) is 0 Å². The zero-order valence-electron chi connectivity index (χ0n) is 7.92. The molecule has 0 aliphatic rings. The number of fused-ring (bicyclic) bond motifs is 1. The molecule has 1 heterocycles. The topological polar surface area (TPSA) is 62.8 Å². The van der Waals surface area contributed by atoms with Crippen LogP contribution in [0.25, 0.3) is 11.0 Å². The highest BCUT2D eigenvalue weighted by Gasteiger charge is 2.50. The van der Waals surface area contributed by atoms with Gasteiger partial charge in [0.05, 0.1) is 5.52 Å². The van der Waals surface area contributed by atoms with E-state index >= 15 is 0 Å². The average molecular weight is 268 g/mol. The summed E-state index contributed by atoms with van der Waals surface area (Å²) in [5.41, 5.74) is -0.630. The summed E-state index contributed by atoms with van der Waals surface area (Å²) in [6.45, 7) is 0. The van der Waals surface area contributed by atoms with E-state index in [-0.39, 0.29) is 5.52 Å². The summed E-state index contributed by atoms with van der Waals surface area (Å²) < 4.78 is 72.1. The van der Waals surface area contributed by atoms with Crippen molar-refractivity contribution < 1.29 is 25.5 Å². The van der Waals surface area contributed by atoms with Crippen LogP contribution in [0.3, 0.4) is 0 Å². The maximum atomic E-state index is 13.1. The number of aromatic amines is 1. The van der Waals surface area contributed by atoms with Crippen LogP contribution in [-0.4, -0.2) is 18.4 Å². The van der Waals surface area contributed by atoms with Crippen LogP contribution in [0.5, 0.6) is 0 Å². The van der Waals surface area contributed by atoms with Crippen LogP contribution in [-0.2, 0) is 15.5 Å². The van der Waals surface area contributed by atoms with E-state index in [9.17, 15) is 25.5 Å². The summed E-state index contributed by atoms with van der Waals surface area (Å²) in [4.78, 5) is 4.91. The summed E-state index contributed by atoms with van der Waals surface area (Å²) in [5, 5.41) is -4.83. The molecule has 92 valence electrons. The van der Waals surface area contributed by atoms with Gasteiger partial charge in [-0.05, 0) is 12.1 Å². The zero-order chi connectivity index (χ0) is 12.8. The van der Waals surface area contributed by atoms with E-state index in [1.165, 1.54) is 12.1 Å². The smallest absolute Gasteiger partial charge is 0.336 e. The van der Waals surface area contributed by atoms with Gasteiger partial charge >= 0.3 is 15.5 Å². The second-order valence-corrected chi connectivity index (χ2v) is 4.56. The van der Waals surface area contributed by atoms with Gasteiger partial charge in [-0.3, -0.25) is 0 Å². The van der Waals surface area contributed by atoms with E-state index in [0.717, 1.165) is 6.07 Å². The molecule has 17 heavy (non-hydrogen) atoms. The monoisotopic (exact) mass is 268 g/mol. The Morgan fingerprint density at radius 1 is 1.29 bits per heavy atom. The number of rotatable bonds is 2. The summed E-state index contributed by atoms with van der Waals surface area (Å²) in [6, 6.07) is 3.37. The SMILES string of the molecule is O=S(=O)(F)C(F)(F)c1nc2c(F)cccc2[nH]1. The van der Waals surface area contributed by atoms with E-state index in [4.69, 9.17) is 0 Å². The van der Waals surface area contributed by atoms with E-state index in [1.807, 2.05) is 4.98 Å². The minimum Gasteiger partial charge on any atom is -0.336 e. The van der Waals surface area contributed by atoms with Gasteiger partial charge in [0.1, 0.15) is 5.52 Å². The number of benzene rings is 1. The molecule has 1 N–H and O–H groups in total. The van der Waals surface area contributed by atoms with Crippen LogP contribution < -0.4 is 0 Å². The first-order valence-corrected chi connectivity index (χ1v) is 5.58. The Kier molecular flexibility index (Phi) is 2.38. The number of para-hydroxylation sites is 1. The van der Waals surface area contributed by atoms with Crippen LogP contribution >= 0.6 is 0 Å². The first kappa shape index (κ1) is 11.8. The molecule has 0 amide bonds. The molecule has 0 atom stereocenters. The van der Waals surface area contributed by atoms with E-state index in [0.29, 0.717) is 0 Å². The second-order valence-electron chi connectivity index (χ2n) is 3.18. The Bertz CT molecular complexity index is 680. The summed E-state index contributed by atoms with van der Waals surface area (Å²) >= 11 is 0. The van der Waals surface area contributed by atoms with Crippen molar-refractivity contribution in [1.29, 1.82) is 0 Å². The van der Waals surface area contributed by atoms with Gasteiger partial charge in [-0.15, -0.1) is 0 Å². The van der Waals surface area contributed by atoms with Crippen molar-refractivity contribution in [3.8, 4) is 0 Å². The maximum absolute atomic E-state index is 13.1. The number of hydrogen-bond acceptors (Lipinski definition) is 3. The number of aromatic nitrogens is 2. The van der Waals surface area contributed by atoms with Gasteiger partial charge in [0.25, 0.3) is 0 Å². The maximum Gasteiger partial charge on any atom is 0.430 e. The summed E-state index contributed by atoms with van der Waals surface area (Å²) in [5.74, 6) is -2.38. The van der Waals surface area contributed by atoms with Crippen LogP contribution in [0.15, 0.2) is 18.2 Å². The molecule has 1 aromatic heterocycles. The zero-order valence-corrected chi connectivity index (χ0v) is 8.73. The van der Waals surface area contributed by atoms with Crippen molar-refractivity contribution in [3.05, 3.63) is 29.8 Å². The fourth-order valence-corrected chi connectivity index (χ4v) is 1.58. The molecular weight excluding hydrogens is 264 g/mol. The minimum absolute atomic E-state index is 0.150. The summed E-state index contributed by atoms with van der Waals surface area (Å²) in [7, 11) is -6.17. The number of alkyl halides is 2. The molecule has 0 unspecified atom stereocenters. The number of hydrogen-bond donors (Lipinski definition) is 1. The van der Waals surface area contributed by atoms with E-state index < -0.39 is 32.6 Å². The fourth-order valence-electron chi connectivity index (χ4n) is 1.25. The van der Waals surface area contributed by atoms with Crippen molar-refractivity contribution in [2.45, 2.75) is 5.25 Å². The Balaban J connectivity index is 2.70. The molecule has 2 aromatic rings. The lowest BCUT2D eigenvalue weighted by Crippen LogP contribution is -2.23. The highest BCUT2D eigenvalue weighted by Crippen LogP contribution is 2.34. The van der Waals surface area contributed by atoms with Gasteiger partial charge in [-0.1, -0.05) is 9.95 Å². The number of imidazole rings is 1. The third kappa shape index (κ3) is 1.75. The molecule has 9 heteroatoms. The quantitative estimate of drug-likeness (QED) is 0.669. The first-order valence-electron chi connectivity index (χ1n) is 4.20. The van der Waals surface area contributed by atoms with Gasteiger partial charge in [0.2, 0.25) is 0 Å². The Hall–Kier alpha value is -1.64. The summed E-state index contributed by atoms with van der Waals surface area (Å²) in [6.07, 6.45) is 0. The van der Waals surface area contributed by atoms with Crippen LogP contribution in [0, 0.1) is 5.82 Å². The van der Waals surface area contributed by atoms with Gasteiger partial charge in [-0.2, -0.15) is 17.2 Å². The third-order valence-electron chi connectivity index (χ3n) is 2.05. The lowest BCUT2D eigenvalue weighted by molar-refractivity contribution is 0.0755. The highest BCUT2D eigenvalue weighted by atomic mass is 32.3. The molecule has 0 fully saturated rings. The lowest BCUT2D eigenvalue weighted by atomic mass is 10.3. The van der Waals surface area contributed by atoms with Crippen LogP contribution in [0.1, 0.15) is 5.82 Å². The van der Waals surface area contributed by atoms with Crippen molar-refractivity contribution >= 4 is 21.3 Å². The average Bonchev–Trinajstić information content (AvgIpc) is 2.61. The number of nitrogens with zero attached hydrogens (tertiary/aromatic N) is 1. The third-order valence-corrected chi connectivity index (χ3v) is 2.85. The molecule has 0 saturated heterocycles. The Labute approximate surface area is 92.5 Å². The van der Waals surface area contributed by atoms with Gasteiger partial charge in [0.15, 0.2) is 11.6 Å². The number of H-pyrrole nitrogens is 1. The first-order chi connectivity index (χ1) is 7.73. The normalized spacial score (nSPS) is 13.2. The molecule has 2 rings (SSSR count). The minimum atomic E-state index is -6.17. The number of halogens is 4. The standard InChI is InChI=1S/C8H4F4N2O2S/c9-4-2-1-3-5-6(4)14-7(13-5)8(10,11)17(12,15)16/h1-3H,(H,13,14). The highest BCUT2D eigenvalue weighted by molar-refractivity contribution is 7.87. The molecule has 1 aromatic carbocycles. The van der Waals surface area contributed by atoms with E-state index in [2.05, 4.69) is 4.98 Å². The van der Waals surface area contributed by atoms with Crippen LogP contribution in [0.2, 0.25) is 0 Å². The molecule has 0 saturated carbocycles. The molecule has 0 aliphatic carbocycles. The molecule has 0 bridgehead atoms. The van der Waals surface area contributed by atoms with E-state index in [1.54, 1.807) is 0 Å².